The average Bonchev–Trinajstić information content (AvgIpc) is 2.93. The van der Waals surface area contributed by atoms with Crippen LogP contribution in [0.15, 0.2) is 52.3 Å². The molecule has 1 aromatic heterocycles. The summed E-state index contributed by atoms with van der Waals surface area (Å²) in [5.74, 6) is 0.888. The Morgan fingerprint density at radius 1 is 1.14 bits per heavy atom. The summed E-state index contributed by atoms with van der Waals surface area (Å²) in [5, 5.41) is 6.95. The Bertz CT molecular complexity index is 768. The highest BCUT2D eigenvalue weighted by Gasteiger charge is 2.19. The molecule has 0 saturated carbocycles. The third-order valence-electron chi connectivity index (χ3n) is 3.62. The Labute approximate surface area is 136 Å². The third kappa shape index (κ3) is 2.71. The van der Waals surface area contributed by atoms with E-state index < -0.39 is 0 Å². The molecule has 0 aliphatic heterocycles. The van der Waals surface area contributed by atoms with Crippen molar-refractivity contribution in [2.45, 2.75) is 6.04 Å². The molecule has 1 atom stereocenters. The van der Waals surface area contributed by atoms with E-state index >= 15 is 0 Å². The molecule has 1 N–H and O–H groups in total. The van der Waals surface area contributed by atoms with Crippen LogP contribution in [-0.2, 0) is 0 Å². The predicted molar refractivity (Wildman–Crippen MR) is 93.4 cm³/mol. The summed E-state index contributed by atoms with van der Waals surface area (Å²) in [7, 11) is 3.70. The van der Waals surface area contributed by atoms with Crippen molar-refractivity contribution >= 4 is 37.4 Å². The zero-order valence-corrected chi connectivity index (χ0v) is 14.3. The van der Waals surface area contributed by atoms with Gasteiger partial charge in [-0.05, 0) is 41.6 Å². The second-order valence-corrected chi connectivity index (χ2v) is 6.62. The first-order valence-electron chi connectivity index (χ1n) is 6.71. The summed E-state index contributed by atoms with van der Waals surface area (Å²) in [6, 6.07) is 14.8. The van der Waals surface area contributed by atoms with E-state index in [9.17, 15) is 0 Å². The molecule has 0 aliphatic rings. The van der Waals surface area contributed by atoms with Crippen molar-refractivity contribution in [2.75, 3.05) is 14.2 Å². The molecule has 0 saturated heterocycles. The Morgan fingerprint density at radius 2 is 1.95 bits per heavy atom. The quantitative estimate of drug-likeness (QED) is 0.707. The molecule has 0 amide bonds. The minimum atomic E-state index is 0.115. The molecule has 108 valence electrons. The molecule has 0 bridgehead atoms. The van der Waals surface area contributed by atoms with Gasteiger partial charge in [0.2, 0.25) is 0 Å². The van der Waals surface area contributed by atoms with Crippen molar-refractivity contribution in [2.24, 2.45) is 0 Å². The van der Waals surface area contributed by atoms with Gasteiger partial charge in [-0.2, -0.15) is 0 Å². The van der Waals surface area contributed by atoms with E-state index in [4.69, 9.17) is 4.74 Å². The fourth-order valence-electron chi connectivity index (χ4n) is 2.62. The van der Waals surface area contributed by atoms with Gasteiger partial charge < -0.3 is 10.1 Å². The average molecular weight is 362 g/mol. The van der Waals surface area contributed by atoms with Crippen molar-refractivity contribution < 1.29 is 4.74 Å². The van der Waals surface area contributed by atoms with Gasteiger partial charge in [0, 0.05) is 14.7 Å². The minimum Gasteiger partial charge on any atom is -0.496 e. The molecule has 1 unspecified atom stereocenters. The third-order valence-corrected chi connectivity index (χ3v) is 5.09. The van der Waals surface area contributed by atoms with Gasteiger partial charge >= 0.3 is 0 Å². The van der Waals surface area contributed by atoms with Crippen molar-refractivity contribution in [3.63, 3.8) is 0 Å². The molecule has 2 nitrogen and oxygen atoms in total. The zero-order chi connectivity index (χ0) is 14.8. The molecule has 0 spiro atoms. The van der Waals surface area contributed by atoms with Crippen LogP contribution in [0.5, 0.6) is 5.75 Å². The van der Waals surface area contributed by atoms with Gasteiger partial charge in [-0.3, -0.25) is 0 Å². The van der Waals surface area contributed by atoms with Crippen LogP contribution in [0.2, 0.25) is 0 Å². The molecular weight excluding hydrogens is 346 g/mol. The van der Waals surface area contributed by atoms with Crippen LogP contribution in [0.4, 0.5) is 0 Å². The second-order valence-electron chi connectivity index (χ2n) is 4.80. The van der Waals surface area contributed by atoms with E-state index in [-0.39, 0.29) is 6.04 Å². The van der Waals surface area contributed by atoms with Crippen LogP contribution < -0.4 is 10.1 Å². The number of thiophene rings is 1. The highest BCUT2D eigenvalue weighted by Crippen LogP contribution is 2.37. The number of halogens is 1. The van der Waals surface area contributed by atoms with Crippen molar-refractivity contribution in [1.29, 1.82) is 0 Å². The summed E-state index contributed by atoms with van der Waals surface area (Å²) >= 11 is 5.28. The SMILES string of the molecule is CNC(c1ccc(Br)cc1OC)c1csc2ccccc12. The Hall–Kier alpha value is -1.36. The van der Waals surface area contributed by atoms with Crippen LogP contribution >= 0.6 is 27.3 Å². The molecule has 21 heavy (non-hydrogen) atoms. The monoisotopic (exact) mass is 361 g/mol. The highest BCUT2D eigenvalue weighted by atomic mass is 79.9. The van der Waals surface area contributed by atoms with Gasteiger partial charge in [-0.25, -0.2) is 0 Å². The Kier molecular flexibility index (Phi) is 4.29. The van der Waals surface area contributed by atoms with Crippen molar-refractivity contribution in [1.82, 2.24) is 5.32 Å². The van der Waals surface area contributed by atoms with E-state index in [1.807, 2.05) is 13.1 Å². The van der Waals surface area contributed by atoms with Crippen LogP contribution in [0.1, 0.15) is 17.2 Å². The van der Waals surface area contributed by atoms with Gasteiger partial charge in [-0.1, -0.05) is 40.2 Å². The summed E-state index contributed by atoms with van der Waals surface area (Å²) < 4.78 is 7.88. The van der Waals surface area contributed by atoms with Crippen LogP contribution in [0.25, 0.3) is 10.1 Å². The molecule has 0 fully saturated rings. The van der Waals surface area contributed by atoms with Crippen molar-refractivity contribution in [3.05, 3.63) is 63.4 Å². The number of fused-ring (bicyclic) bond motifs is 1. The number of rotatable bonds is 4. The summed E-state index contributed by atoms with van der Waals surface area (Å²) in [6.07, 6.45) is 0. The molecule has 2 aromatic carbocycles. The number of nitrogens with one attached hydrogen (secondary N) is 1. The first-order chi connectivity index (χ1) is 10.2. The fourth-order valence-corrected chi connectivity index (χ4v) is 3.95. The highest BCUT2D eigenvalue weighted by molar-refractivity contribution is 9.10. The topological polar surface area (TPSA) is 21.3 Å². The maximum Gasteiger partial charge on any atom is 0.125 e. The summed E-state index contributed by atoms with van der Waals surface area (Å²) in [6.45, 7) is 0. The zero-order valence-electron chi connectivity index (χ0n) is 11.9. The normalized spacial score (nSPS) is 12.5. The van der Waals surface area contributed by atoms with Gasteiger partial charge in [0.1, 0.15) is 5.75 Å². The van der Waals surface area contributed by atoms with Gasteiger partial charge in [0.05, 0.1) is 13.2 Å². The first-order valence-corrected chi connectivity index (χ1v) is 8.38. The van der Waals surface area contributed by atoms with Gasteiger partial charge in [-0.15, -0.1) is 11.3 Å². The maximum absolute atomic E-state index is 5.55. The minimum absolute atomic E-state index is 0.115. The number of ether oxygens (including phenoxy) is 1. The lowest BCUT2D eigenvalue weighted by molar-refractivity contribution is 0.405. The lowest BCUT2D eigenvalue weighted by Gasteiger charge is -2.19. The van der Waals surface area contributed by atoms with E-state index in [0.29, 0.717) is 0 Å². The molecule has 0 radical (unpaired) electrons. The molecule has 0 aliphatic carbocycles. The molecule has 4 heteroatoms. The Balaban J connectivity index is 2.14. The smallest absolute Gasteiger partial charge is 0.125 e. The van der Waals surface area contributed by atoms with E-state index in [2.05, 4.69) is 63.0 Å². The molecule has 3 aromatic rings. The number of methoxy groups -OCH3 is 1. The Morgan fingerprint density at radius 3 is 2.71 bits per heavy atom. The lowest BCUT2D eigenvalue weighted by atomic mass is 9.97. The van der Waals surface area contributed by atoms with Gasteiger partial charge in [0.25, 0.3) is 0 Å². The van der Waals surface area contributed by atoms with E-state index in [0.717, 1.165) is 15.8 Å². The van der Waals surface area contributed by atoms with E-state index in [1.54, 1.807) is 18.4 Å². The summed E-state index contributed by atoms with van der Waals surface area (Å²) in [5.41, 5.74) is 2.44. The van der Waals surface area contributed by atoms with Crippen LogP contribution in [-0.4, -0.2) is 14.2 Å². The van der Waals surface area contributed by atoms with Crippen LogP contribution in [0.3, 0.4) is 0 Å². The fraction of sp³-hybridized carbons (Fsp3) is 0.176. The second kappa shape index (κ2) is 6.18. The molecule has 1 heterocycles. The number of hydrogen-bond donors (Lipinski definition) is 1. The largest absolute Gasteiger partial charge is 0.496 e. The van der Waals surface area contributed by atoms with Crippen molar-refractivity contribution in [3.8, 4) is 5.75 Å². The molecule has 3 rings (SSSR count). The van der Waals surface area contributed by atoms with Gasteiger partial charge in [0.15, 0.2) is 0 Å². The first kappa shape index (κ1) is 14.6. The predicted octanol–water partition coefficient (Wildman–Crippen LogP) is 4.98. The van der Waals surface area contributed by atoms with E-state index in [1.165, 1.54) is 15.6 Å². The number of hydrogen-bond acceptors (Lipinski definition) is 3. The standard InChI is InChI=1S/C17H16BrNOS/c1-19-17(13-8-7-11(18)9-15(13)20-2)14-10-21-16-6-4-3-5-12(14)16/h3-10,17,19H,1-2H3. The maximum atomic E-state index is 5.55. The van der Waals surface area contributed by atoms with Crippen LogP contribution in [0, 0.1) is 0 Å². The summed E-state index contributed by atoms with van der Waals surface area (Å²) in [4.78, 5) is 0. The molecular formula is C17H16BrNOS. The number of benzene rings is 2. The lowest BCUT2D eigenvalue weighted by Crippen LogP contribution is -2.18.